The Kier molecular flexibility index (Phi) is 4.01. The summed E-state index contributed by atoms with van der Waals surface area (Å²) in [6.07, 6.45) is 0. The molecule has 0 aliphatic carbocycles. The van der Waals surface area contributed by atoms with Crippen molar-refractivity contribution in [1.82, 2.24) is 0 Å². The predicted octanol–water partition coefficient (Wildman–Crippen LogP) is 1.95. The van der Waals surface area contributed by atoms with Crippen molar-refractivity contribution in [3.8, 4) is 0 Å². The van der Waals surface area contributed by atoms with Gasteiger partial charge in [-0.3, -0.25) is 9.00 Å². The molecule has 0 aromatic heterocycles. The summed E-state index contributed by atoms with van der Waals surface area (Å²) in [5.74, 6) is 0.641. The lowest BCUT2D eigenvalue weighted by atomic mass is 10.1. The van der Waals surface area contributed by atoms with E-state index >= 15 is 0 Å². The lowest BCUT2D eigenvalue weighted by Gasteiger charge is -2.00. The number of hydrogen-bond donors (Lipinski definition) is 0. The van der Waals surface area contributed by atoms with Crippen LogP contribution in [0.5, 0.6) is 0 Å². The third-order valence-corrected chi connectivity index (χ3v) is 3.22. The minimum absolute atomic E-state index is 0.0369. The molecule has 1 aromatic carbocycles. The maximum atomic E-state index is 11.5. The Labute approximate surface area is 86.8 Å². The topological polar surface area (TPSA) is 34.1 Å². The van der Waals surface area contributed by atoms with Crippen molar-refractivity contribution in [2.24, 2.45) is 0 Å². The molecule has 2 nitrogen and oxygen atoms in total. The summed E-state index contributed by atoms with van der Waals surface area (Å²) in [6, 6.07) is 7.35. The van der Waals surface area contributed by atoms with Crippen LogP contribution in [0.25, 0.3) is 0 Å². The van der Waals surface area contributed by atoms with Crippen molar-refractivity contribution >= 4 is 16.6 Å². The Bertz CT molecular complexity index is 341. The second kappa shape index (κ2) is 5.05. The van der Waals surface area contributed by atoms with E-state index in [-0.39, 0.29) is 11.5 Å². The normalized spacial score (nSPS) is 12.4. The molecule has 3 heteroatoms. The molecule has 0 saturated heterocycles. The van der Waals surface area contributed by atoms with Crippen LogP contribution in [-0.2, 0) is 10.8 Å². The zero-order valence-electron chi connectivity index (χ0n) is 8.45. The SMILES string of the molecule is CCS(=O)CC(=O)c1ccc(C)cc1. The van der Waals surface area contributed by atoms with Gasteiger partial charge in [0, 0.05) is 22.1 Å². The number of hydrogen-bond acceptors (Lipinski definition) is 2. The molecule has 0 spiro atoms. The Hall–Kier alpha value is -0.960. The second-order valence-electron chi connectivity index (χ2n) is 3.16. The van der Waals surface area contributed by atoms with Gasteiger partial charge in [-0.1, -0.05) is 36.8 Å². The van der Waals surface area contributed by atoms with Crippen molar-refractivity contribution in [3.05, 3.63) is 35.4 Å². The first-order chi connectivity index (χ1) is 6.63. The van der Waals surface area contributed by atoms with Crippen LogP contribution < -0.4 is 0 Å². The number of carbonyl (C=O) groups is 1. The van der Waals surface area contributed by atoms with Crippen molar-refractivity contribution in [2.75, 3.05) is 11.5 Å². The van der Waals surface area contributed by atoms with Crippen LogP contribution in [0.1, 0.15) is 22.8 Å². The Morgan fingerprint density at radius 2 is 1.86 bits per heavy atom. The van der Waals surface area contributed by atoms with Crippen LogP contribution in [-0.4, -0.2) is 21.5 Å². The molecule has 1 aromatic rings. The minimum atomic E-state index is -1.01. The summed E-state index contributed by atoms with van der Waals surface area (Å²) in [4.78, 5) is 11.5. The van der Waals surface area contributed by atoms with Gasteiger partial charge in [0.05, 0.1) is 5.75 Å². The first-order valence-corrected chi connectivity index (χ1v) is 6.07. The number of carbonyl (C=O) groups excluding carboxylic acids is 1. The van der Waals surface area contributed by atoms with Gasteiger partial charge in [0.15, 0.2) is 5.78 Å². The van der Waals surface area contributed by atoms with E-state index in [0.29, 0.717) is 11.3 Å². The number of aryl methyl sites for hydroxylation is 1. The van der Waals surface area contributed by atoms with Crippen LogP contribution in [0.15, 0.2) is 24.3 Å². The van der Waals surface area contributed by atoms with E-state index in [0.717, 1.165) is 5.56 Å². The zero-order chi connectivity index (χ0) is 10.6. The van der Waals surface area contributed by atoms with E-state index in [4.69, 9.17) is 0 Å². The molecule has 1 rings (SSSR count). The maximum Gasteiger partial charge on any atom is 0.175 e. The van der Waals surface area contributed by atoms with E-state index in [9.17, 15) is 9.00 Å². The second-order valence-corrected chi connectivity index (χ2v) is 4.91. The van der Waals surface area contributed by atoms with Gasteiger partial charge >= 0.3 is 0 Å². The van der Waals surface area contributed by atoms with Crippen molar-refractivity contribution in [1.29, 1.82) is 0 Å². The van der Waals surface area contributed by atoms with Crippen LogP contribution in [0.3, 0.4) is 0 Å². The zero-order valence-corrected chi connectivity index (χ0v) is 9.26. The molecule has 0 aliphatic rings. The Morgan fingerprint density at radius 3 is 2.36 bits per heavy atom. The number of benzene rings is 1. The number of Topliss-reactive ketones (excluding diaryl/α,β-unsaturated/α-hetero) is 1. The van der Waals surface area contributed by atoms with Crippen molar-refractivity contribution in [3.63, 3.8) is 0 Å². The first-order valence-electron chi connectivity index (χ1n) is 4.58. The number of rotatable bonds is 4. The molecule has 0 N–H and O–H groups in total. The average molecular weight is 210 g/mol. The van der Waals surface area contributed by atoms with Gasteiger partial charge in [-0.25, -0.2) is 0 Å². The van der Waals surface area contributed by atoms with E-state index < -0.39 is 10.8 Å². The molecular formula is C11H14O2S. The minimum Gasteiger partial charge on any atom is -0.293 e. The van der Waals surface area contributed by atoms with Crippen molar-refractivity contribution in [2.45, 2.75) is 13.8 Å². The highest BCUT2D eigenvalue weighted by molar-refractivity contribution is 7.85. The summed E-state index contributed by atoms with van der Waals surface area (Å²) >= 11 is 0. The van der Waals surface area contributed by atoms with Gasteiger partial charge in [-0.05, 0) is 6.92 Å². The Balaban J connectivity index is 2.70. The highest BCUT2D eigenvalue weighted by Gasteiger charge is 2.08. The quantitative estimate of drug-likeness (QED) is 0.712. The van der Waals surface area contributed by atoms with Gasteiger partial charge in [-0.15, -0.1) is 0 Å². The molecule has 0 amide bonds. The van der Waals surface area contributed by atoms with Gasteiger partial charge in [-0.2, -0.15) is 0 Å². The van der Waals surface area contributed by atoms with E-state index in [1.165, 1.54) is 0 Å². The standard InChI is InChI=1S/C11H14O2S/c1-3-14(13)8-11(12)10-6-4-9(2)5-7-10/h4-7H,3,8H2,1-2H3. The predicted molar refractivity (Wildman–Crippen MR) is 59.1 cm³/mol. The summed E-state index contributed by atoms with van der Waals surface area (Å²) < 4.78 is 11.2. The van der Waals surface area contributed by atoms with Gasteiger partial charge < -0.3 is 0 Å². The molecule has 0 saturated carbocycles. The highest BCUT2D eigenvalue weighted by atomic mass is 32.2. The van der Waals surface area contributed by atoms with E-state index in [1.54, 1.807) is 12.1 Å². The highest BCUT2D eigenvalue weighted by Crippen LogP contribution is 2.04. The molecule has 0 heterocycles. The summed E-state index contributed by atoms with van der Waals surface area (Å²) in [5, 5.41) is 0. The lowest BCUT2D eigenvalue weighted by Crippen LogP contribution is -2.11. The molecule has 1 unspecified atom stereocenters. The van der Waals surface area contributed by atoms with Crippen LogP contribution >= 0.6 is 0 Å². The molecule has 14 heavy (non-hydrogen) atoms. The molecule has 0 fully saturated rings. The Morgan fingerprint density at radius 1 is 1.29 bits per heavy atom. The van der Waals surface area contributed by atoms with Crippen molar-refractivity contribution < 1.29 is 9.00 Å². The molecule has 0 bridgehead atoms. The molecule has 0 radical (unpaired) electrons. The third-order valence-electron chi connectivity index (χ3n) is 1.99. The maximum absolute atomic E-state index is 11.5. The number of ketones is 1. The van der Waals surface area contributed by atoms with Gasteiger partial charge in [0.1, 0.15) is 0 Å². The molecular weight excluding hydrogens is 196 g/mol. The lowest BCUT2D eigenvalue weighted by molar-refractivity contribution is 0.102. The largest absolute Gasteiger partial charge is 0.293 e. The fourth-order valence-electron chi connectivity index (χ4n) is 1.07. The van der Waals surface area contributed by atoms with Gasteiger partial charge in [0.25, 0.3) is 0 Å². The summed E-state index contributed by atoms with van der Waals surface area (Å²) in [6.45, 7) is 3.79. The third kappa shape index (κ3) is 3.07. The van der Waals surface area contributed by atoms with Crippen LogP contribution in [0, 0.1) is 6.92 Å². The fourth-order valence-corrected chi connectivity index (χ4v) is 1.73. The first kappa shape index (κ1) is 11.1. The molecule has 76 valence electrons. The molecule has 1 atom stereocenters. The fraction of sp³-hybridized carbons (Fsp3) is 0.364. The van der Waals surface area contributed by atoms with Crippen LogP contribution in [0.4, 0.5) is 0 Å². The van der Waals surface area contributed by atoms with E-state index in [2.05, 4.69) is 0 Å². The summed E-state index contributed by atoms with van der Waals surface area (Å²) in [5.41, 5.74) is 1.77. The van der Waals surface area contributed by atoms with Gasteiger partial charge in [0.2, 0.25) is 0 Å². The van der Waals surface area contributed by atoms with Crippen LogP contribution in [0.2, 0.25) is 0 Å². The smallest absolute Gasteiger partial charge is 0.175 e. The van der Waals surface area contributed by atoms with E-state index in [1.807, 2.05) is 26.0 Å². The monoisotopic (exact) mass is 210 g/mol. The molecule has 0 aliphatic heterocycles. The average Bonchev–Trinajstić information content (AvgIpc) is 2.18. The summed E-state index contributed by atoms with van der Waals surface area (Å²) in [7, 11) is -1.01.